The molecule has 0 aromatic carbocycles. The Morgan fingerprint density at radius 2 is 2.15 bits per heavy atom. The number of morpholine rings is 1. The average molecular weight is 274 g/mol. The number of aromatic nitrogens is 2. The molecule has 0 bridgehead atoms. The van der Waals surface area contributed by atoms with Crippen molar-refractivity contribution in [2.45, 2.75) is 6.54 Å². The van der Waals surface area contributed by atoms with E-state index in [1.807, 2.05) is 12.1 Å². The average Bonchev–Trinajstić information content (AvgIpc) is 2.85. The zero-order valence-electron chi connectivity index (χ0n) is 11.3. The molecule has 1 amide bonds. The second kappa shape index (κ2) is 5.60. The normalized spacial score (nSPS) is 16.6. The van der Waals surface area contributed by atoms with E-state index in [2.05, 4.69) is 14.5 Å². The maximum atomic E-state index is 11.5. The summed E-state index contributed by atoms with van der Waals surface area (Å²) in [7, 11) is 0. The topological polar surface area (TPSA) is 73.4 Å². The second-order valence-corrected chi connectivity index (χ2v) is 4.93. The van der Waals surface area contributed by atoms with Crippen LogP contribution in [0.3, 0.4) is 0 Å². The van der Waals surface area contributed by atoms with Crippen molar-refractivity contribution in [3.05, 3.63) is 30.1 Å². The zero-order valence-corrected chi connectivity index (χ0v) is 11.3. The van der Waals surface area contributed by atoms with E-state index in [4.69, 9.17) is 10.5 Å². The molecule has 3 heterocycles. The van der Waals surface area contributed by atoms with Gasteiger partial charge in [0.25, 0.3) is 5.91 Å². The number of rotatable bonds is 4. The van der Waals surface area contributed by atoms with Crippen LogP contribution >= 0.6 is 0 Å². The SMILES string of the molecule is NC(=O)c1cn(CCN2CCOCC2)c2cccnc12. The summed E-state index contributed by atoms with van der Waals surface area (Å²) in [5.41, 5.74) is 7.54. The van der Waals surface area contributed by atoms with E-state index < -0.39 is 5.91 Å². The van der Waals surface area contributed by atoms with Crippen LogP contribution in [0.15, 0.2) is 24.5 Å². The summed E-state index contributed by atoms with van der Waals surface area (Å²) in [6.07, 6.45) is 3.49. The van der Waals surface area contributed by atoms with Crippen molar-refractivity contribution in [3.8, 4) is 0 Å². The van der Waals surface area contributed by atoms with Gasteiger partial charge in [-0.25, -0.2) is 0 Å². The molecule has 0 unspecified atom stereocenters. The molecule has 2 N–H and O–H groups in total. The number of hydrogen-bond acceptors (Lipinski definition) is 4. The zero-order chi connectivity index (χ0) is 13.9. The van der Waals surface area contributed by atoms with Gasteiger partial charge in [0.1, 0.15) is 5.52 Å². The van der Waals surface area contributed by atoms with Crippen LogP contribution < -0.4 is 5.73 Å². The van der Waals surface area contributed by atoms with Gasteiger partial charge in [0.15, 0.2) is 0 Å². The van der Waals surface area contributed by atoms with Crippen LogP contribution in [-0.2, 0) is 11.3 Å². The Balaban J connectivity index is 1.82. The quantitative estimate of drug-likeness (QED) is 0.879. The van der Waals surface area contributed by atoms with E-state index in [1.54, 1.807) is 12.4 Å². The molecule has 0 saturated carbocycles. The maximum Gasteiger partial charge on any atom is 0.252 e. The number of carbonyl (C=O) groups is 1. The lowest BCUT2D eigenvalue weighted by Gasteiger charge is -2.26. The summed E-state index contributed by atoms with van der Waals surface area (Å²) in [5.74, 6) is -0.432. The molecule has 0 aliphatic carbocycles. The van der Waals surface area contributed by atoms with Gasteiger partial charge in [-0.15, -0.1) is 0 Å². The molecule has 0 radical (unpaired) electrons. The molecule has 0 atom stereocenters. The van der Waals surface area contributed by atoms with Crippen LogP contribution in [0, 0.1) is 0 Å². The molecule has 0 spiro atoms. The summed E-state index contributed by atoms with van der Waals surface area (Å²) in [6.45, 7) is 5.25. The van der Waals surface area contributed by atoms with Gasteiger partial charge in [0.05, 0.1) is 24.3 Å². The van der Waals surface area contributed by atoms with Gasteiger partial charge in [0, 0.05) is 38.6 Å². The molecule has 20 heavy (non-hydrogen) atoms. The highest BCUT2D eigenvalue weighted by atomic mass is 16.5. The molecule has 2 aromatic rings. The van der Waals surface area contributed by atoms with Gasteiger partial charge < -0.3 is 15.0 Å². The molecule has 1 aliphatic heterocycles. The van der Waals surface area contributed by atoms with E-state index in [9.17, 15) is 4.79 Å². The van der Waals surface area contributed by atoms with E-state index in [0.29, 0.717) is 11.1 Å². The number of amides is 1. The maximum absolute atomic E-state index is 11.5. The molecule has 6 nitrogen and oxygen atoms in total. The van der Waals surface area contributed by atoms with Gasteiger partial charge in [-0.3, -0.25) is 14.7 Å². The predicted octanol–water partition coefficient (Wildman–Crippen LogP) is 0.467. The van der Waals surface area contributed by atoms with Crippen LogP contribution in [0.1, 0.15) is 10.4 Å². The van der Waals surface area contributed by atoms with Crippen molar-refractivity contribution in [2.75, 3.05) is 32.8 Å². The number of fused-ring (bicyclic) bond motifs is 1. The fourth-order valence-electron chi connectivity index (χ4n) is 2.56. The van der Waals surface area contributed by atoms with Gasteiger partial charge >= 0.3 is 0 Å². The fraction of sp³-hybridized carbons (Fsp3) is 0.429. The Hall–Kier alpha value is -1.92. The summed E-state index contributed by atoms with van der Waals surface area (Å²) in [5, 5.41) is 0. The molecule has 1 fully saturated rings. The number of nitrogens with two attached hydrogens (primary N) is 1. The number of nitrogens with zero attached hydrogens (tertiary/aromatic N) is 3. The van der Waals surface area contributed by atoms with Crippen LogP contribution in [0.5, 0.6) is 0 Å². The lowest BCUT2D eigenvalue weighted by atomic mass is 10.2. The minimum atomic E-state index is -0.432. The molecule has 1 saturated heterocycles. The third-order valence-corrected chi connectivity index (χ3v) is 3.66. The number of hydrogen-bond donors (Lipinski definition) is 1. The largest absolute Gasteiger partial charge is 0.379 e. The molecule has 6 heteroatoms. The standard InChI is InChI=1S/C14H18N4O2/c15-14(19)11-10-18(12-2-1-3-16-13(11)12)5-4-17-6-8-20-9-7-17/h1-3,10H,4-9H2,(H2,15,19). The number of carbonyl (C=O) groups excluding carboxylic acids is 1. The minimum absolute atomic E-state index is 0.432. The molecule has 1 aliphatic rings. The highest BCUT2D eigenvalue weighted by Crippen LogP contribution is 2.18. The first kappa shape index (κ1) is 13.1. The number of primary amides is 1. The van der Waals surface area contributed by atoms with Crippen molar-refractivity contribution in [3.63, 3.8) is 0 Å². The van der Waals surface area contributed by atoms with Crippen LogP contribution in [0.2, 0.25) is 0 Å². The van der Waals surface area contributed by atoms with Crippen molar-refractivity contribution in [2.24, 2.45) is 5.73 Å². The third kappa shape index (κ3) is 2.52. The van der Waals surface area contributed by atoms with Crippen molar-refractivity contribution in [1.82, 2.24) is 14.5 Å². The van der Waals surface area contributed by atoms with E-state index in [-0.39, 0.29) is 0 Å². The first-order chi connectivity index (χ1) is 9.75. The van der Waals surface area contributed by atoms with E-state index in [1.165, 1.54) is 0 Å². The predicted molar refractivity (Wildman–Crippen MR) is 75.5 cm³/mol. The van der Waals surface area contributed by atoms with Crippen LogP contribution in [0.4, 0.5) is 0 Å². The summed E-state index contributed by atoms with van der Waals surface area (Å²) >= 11 is 0. The van der Waals surface area contributed by atoms with Gasteiger partial charge in [0.2, 0.25) is 0 Å². The molecule has 106 valence electrons. The first-order valence-corrected chi connectivity index (χ1v) is 6.79. The molecular formula is C14H18N4O2. The summed E-state index contributed by atoms with van der Waals surface area (Å²) in [6, 6.07) is 3.84. The van der Waals surface area contributed by atoms with Crippen LogP contribution in [0.25, 0.3) is 11.0 Å². The highest BCUT2D eigenvalue weighted by molar-refractivity contribution is 6.04. The molecule has 3 rings (SSSR count). The lowest BCUT2D eigenvalue weighted by Crippen LogP contribution is -2.38. The molecular weight excluding hydrogens is 256 g/mol. The number of ether oxygens (including phenoxy) is 1. The number of pyridine rings is 1. The van der Waals surface area contributed by atoms with E-state index in [0.717, 1.165) is 44.9 Å². The van der Waals surface area contributed by atoms with Gasteiger partial charge in [-0.1, -0.05) is 0 Å². The molecule has 2 aromatic heterocycles. The van der Waals surface area contributed by atoms with Crippen LogP contribution in [-0.4, -0.2) is 53.2 Å². The van der Waals surface area contributed by atoms with Gasteiger partial charge in [-0.2, -0.15) is 0 Å². The minimum Gasteiger partial charge on any atom is -0.379 e. The van der Waals surface area contributed by atoms with Crippen molar-refractivity contribution >= 4 is 16.9 Å². The smallest absolute Gasteiger partial charge is 0.252 e. The third-order valence-electron chi connectivity index (χ3n) is 3.66. The van der Waals surface area contributed by atoms with Crippen molar-refractivity contribution in [1.29, 1.82) is 0 Å². The Morgan fingerprint density at radius 1 is 1.35 bits per heavy atom. The summed E-state index contributed by atoms with van der Waals surface area (Å²) in [4.78, 5) is 18.1. The van der Waals surface area contributed by atoms with E-state index >= 15 is 0 Å². The van der Waals surface area contributed by atoms with Gasteiger partial charge in [-0.05, 0) is 12.1 Å². The lowest BCUT2D eigenvalue weighted by molar-refractivity contribution is 0.0365. The Kier molecular flexibility index (Phi) is 3.66. The Labute approximate surface area is 117 Å². The first-order valence-electron chi connectivity index (χ1n) is 6.79. The monoisotopic (exact) mass is 274 g/mol. The second-order valence-electron chi connectivity index (χ2n) is 4.93. The Bertz CT molecular complexity index is 617. The fourth-order valence-corrected chi connectivity index (χ4v) is 2.56. The highest BCUT2D eigenvalue weighted by Gasteiger charge is 2.15. The Morgan fingerprint density at radius 3 is 2.90 bits per heavy atom. The summed E-state index contributed by atoms with van der Waals surface area (Å²) < 4.78 is 7.39. The van der Waals surface area contributed by atoms with Crippen molar-refractivity contribution < 1.29 is 9.53 Å².